The summed E-state index contributed by atoms with van der Waals surface area (Å²) in [6, 6.07) is 25.5. The molecule has 3 aromatic rings. The molecule has 0 fully saturated rings. The van der Waals surface area contributed by atoms with Crippen LogP contribution in [0.3, 0.4) is 0 Å². The van der Waals surface area contributed by atoms with Crippen LogP contribution >= 0.6 is 0 Å². The zero-order chi connectivity index (χ0) is 18.2. The third-order valence-electron chi connectivity index (χ3n) is 4.11. The van der Waals surface area contributed by atoms with Crippen molar-refractivity contribution in [3.8, 4) is 11.5 Å². The Kier molecular flexibility index (Phi) is 6.05. The average molecular weight is 345 g/mol. The third-order valence-corrected chi connectivity index (χ3v) is 4.11. The van der Waals surface area contributed by atoms with Gasteiger partial charge in [0.05, 0.1) is 0 Å². The van der Waals surface area contributed by atoms with E-state index in [9.17, 15) is 4.79 Å². The van der Waals surface area contributed by atoms with E-state index in [0.29, 0.717) is 6.42 Å². The molecule has 132 valence electrons. The molecule has 0 aliphatic rings. The molecule has 0 aromatic heterocycles. The van der Waals surface area contributed by atoms with Crippen molar-refractivity contribution >= 4 is 11.6 Å². The van der Waals surface area contributed by atoms with Gasteiger partial charge in [-0.2, -0.15) is 0 Å². The molecule has 1 N–H and O–H groups in total. The summed E-state index contributed by atoms with van der Waals surface area (Å²) in [6.45, 7) is 2.08. The molecule has 0 atom stereocenters. The molecule has 0 aliphatic heterocycles. The standard InChI is InChI=1S/C23H23NO2/c1-18-10-12-19(13-11-18)6-5-9-23(25)24-20-14-16-22(17-15-20)26-21-7-3-2-4-8-21/h2-4,7-8,10-17H,5-6,9H2,1H3,(H,24,25). The highest BCUT2D eigenvalue weighted by Crippen LogP contribution is 2.22. The Morgan fingerprint density at radius 2 is 1.50 bits per heavy atom. The molecule has 0 bridgehead atoms. The van der Waals surface area contributed by atoms with Crippen LogP contribution in [-0.2, 0) is 11.2 Å². The van der Waals surface area contributed by atoms with Gasteiger partial charge >= 0.3 is 0 Å². The number of rotatable bonds is 7. The summed E-state index contributed by atoms with van der Waals surface area (Å²) in [4.78, 5) is 12.1. The number of carbonyl (C=O) groups is 1. The Balaban J connectivity index is 1.44. The van der Waals surface area contributed by atoms with Crippen molar-refractivity contribution in [3.63, 3.8) is 0 Å². The molecule has 3 rings (SSSR count). The van der Waals surface area contributed by atoms with Gasteiger partial charge in [-0.1, -0.05) is 48.0 Å². The Labute approximate surface area is 154 Å². The van der Waals surface area contributed by atoms with Gasteiger partial charge in [0.1, 0.15) is 11.5 Å². The van der Waals surface area contributed by atoms with E-state index in [0.717, 1.165) is 30.0 Å². The molecule has 3 aromatic carbocycles. The highest BCUT2D eigenvalue weighted by atomic mass is 16.5. The predicted octanol–water partition coefficient (Wildman–Crippen LogP) is 5.75. The van der Waals surface area contributed by atoms with Crippen LogP contribution in [0.5, 0.6) is 11.5 Å². The number of hydrogen-bond acceptors (Lipinski definition) is 2. The monoisotopic (exact) mass is 345 g/mol. The van der Waals surface area contributed by atoms with Gasteiger partial charge in [-0.05, 0) is 61.7 Å². The zero-order valence-corrected chi connectivity index (χ0v) is 14.9. The highest BCUT2D eigenvalue weighted by Gasteiger charge is 2.04. The summed E-state index contributed by atoms with van der Waals surface area (Å²) in [7, 11) is 0. The minimum atomic E-state index is 0.0360. The van der Waals surface area contributed by atoms with Gasteiger partial charge in [0.15, 0.2) is 0 Å². The first kappa shape index (κ1) is 17.7. The fraction of sp³-hybridized carbons (Fsp3) is 0.174. The van der Waals surface area contributed by atoms with Gasteiger partial charge in [-0.3, -0.25) is 4.79 Å². The summed E-state index contributed by atoms with van der Waals surface area (Å²) in [5, 5.41) is 2.93. The number of para-hydroxylation sites is 1. The molecule has 0 radical (unpaired) electrons. The number of nitrogens with one attached hydrogen (secondary N) is 1. The first-order valence-corrected chi connectivity index (χ1v) is 8.87. The largest absolute Gasteiger partial charge is 0.457 e. The van der Waals surface area contributed by atoms with Crippen molar-refractivity contribution in [1.29, 1.82) is 0 Å². The fourth-order valence-corrected chi connectivity index (χ4v) is 2.66. The second-order valence-electron chi connectivity index (χ2n) is 6.33. The predicted molar refractivity (Wildman–Crippen MR) is 106 cm³/mol. The van der Waals surface area contributed by atoms with Gasteiger partial charge in [-0.15, -0.1) is 0 Å². The van der Waals surface area contributed by atoms with Gasteiger partial charge < -0.3 is 10.1 Å². The molecule has 0 saturated carbocycles. The van der Waals surface area contributed by atoms with E-state index in [1.54, 1.807) is 0 Å². The van der Waals surface area contributed by atoms with Crippen LogP contribution in [0.1, 0.15) is 24.0 Å². The molecule has 0 aliphatic carbocycles. The van der Waals surface area contributed by atoms with Gasteiger partial charge in [0.25, 0.3) is 0 Å². The van der Waals surface area contributed by atoms with E-state index in [2.05, 4.69) is 36.5 Å². The Hall–Kier alpha value is -3.07. The SMILES string of the molecule is Cc1ccc(CCCC(=O)Nc2ccc(Oc3ccccc3)cc2)cc1. The lowest BCUT2D eigenvalue weighted by Crippen LogP contribution is -2.11. The van der Waals surface area contributed by atoms with Crippen LogP contribution in [0, 0.1) is 6.92 Å². The number of hydrogen-bond donors (Lipinski definition) is 1. The molecular formula is C23H23NO2. The number of ether oxygens (including phenoxy) is 1. The lowest BCUT2D eigenvalue weighted by molar-refractivity contribution is -0.116. The highest BCUT2D eigenvalue weighted by molar-refractivity contribution is 5.90. The minimum absolute atomic E-state index is 0.0360. The number of aryl methyl sites for hydroxylation is 2. The number of anilines is 1. The normalized spacial score (nSPS) is 10.3. The summed E-state index contributed by atoms with van der Waals surface area (Å²) >= 11 is 0. The van der Waals surface area contributed by atoms with E-state index in [-0.39, 0.29) is 5.91 Å². The van der Waals surface area contributed by atoms with Gasteiger partial charge in [0, 0.05) is 12.1 Å². The molecule has 0 unspecified atom stereocenters. The topological polar surface area (TPSA) is 38.3 Å². The van der Waals surface area contributed by atoms with Crippen LogP contribution in [-0.4, -0.2) is 5.91 Å². The van der Waals surface area contributed by atoms with Crippen molar-refractivity contribution in [3.05, 3.63) is 90.0 Å². The van der Waals surface area contributed by atoms with Crippen LogP contribution in [0.4, 0.5) is 5.69 Å². The number of amides is 1. The van der Waals surface area contributed by atoms with Crippen LogP contribution in [0.2, 0.25) is 0 Å². The summed E-state index contributed by atoms with van der Waals surface area (Å²) in [5.74, 6) is 1.57. The van der Waals surface area contributed by atoms with Crippen LogP contribution in [0.25, 0.3) is 0 Å². The number of carbonyl (C=O) groups excluding carboxylic acids is 1. The third kappa shape index (κ3) is 5.49. The molecular weight excluding hydrogens is 322 g/mol. The Morgan fingerprint density at radius 3 is 2.19 bits per heavy atom. The smallest absolute Gasteiger partial charge is 0.224 e. The molecule has 3 nitrogen and oxygen atoms in total. The van der Waals surface area contributed by atoms with Crippen molar-refractivity contribution in [2.24, 2.45) is 0 Å². The van der Waals surface area contributed by atoms with E-state index < -0.39 is 0 Å². The molecule has 26 heavy (non-hydrogen) atoms. The van der Waals surface area contributed by atoms with Crippen molar-refractivity contribution < 1.29 is 9.53 Å². The molecule has 0 saturated heterocycles. The molecule has 0 spiro atoms. The Bertz CT molecular complexity index is 824. The second kappa shape index (κ2) is 8.86. The molecule has 3 heteroatoms. The van der Waals surface area contributed by atoms with E-state index >= 15 is 0 Å². The lowest BCUT2D eigenvalue weighted by atomic mass is 10.1. The zero-order valence-electron chi connectivity index (χ0n) is 14.9. The van der Waals surface area contributed by atoms with E-state index in [1.807, 2.05) is 54.6 Å². The van der Waals surface area contributed by atoms with Crippen LogP contribution in [0.15, 0.2) is 78.9 Å². The first-order valence-electron chi connectivity index (χ1n) is 8.87. The average Bonchev–Trinajstić information content (AvgIpc) is 2.66. The fourth-order valence-electron chi connectivity index (χ4n) is 2.66. The second-order valence-corrected chi connectivity index (χ2v) is 6.33. The first-order chi connectivity index (χ1) is 12.7. The molecule has 0 heterocycles. The summed E-state index contributed by atoms with van der Waals surface area (Å²) in [5.41, 5.74) is 3.31. The van der Waals surface area contributed by atoms with Crippen molar-refractivity contribution in [1.82, 2.24) is 0 Å². The van der Waals surface area contributed by atoms with Gasteiger partial charge in [0.2, 0.25) is 5.91 Å². The van der Waals surface area contributed by atoms with Gasteiger partial charge in [-0.25, -0.2) is 0 Å². The van der Waals surface area contributed by atoms with Crippen LogP contribution < -0.4 is 10.1 Å². The minimum Gasteiger partial charge on any atom is -0.457 e. The maximum Gasteiger partial charge on any atom is 0.224 e. The Morgan fingerprint density at radius 1 is 0.846 bits per heavy atom. The van der Waals surface area contributed by atoms with Crippen molar-refractivity contribution in [2.75, 3.05) is 5.32 Å². The quantitative estimate of drug-likeness (QED) is 0.592. The summed E-state index contributed by atoms with van der Waals surface area (Å²) in [6.07, 6.45) is 2.26. The lowest BCUT2D eigenvalue weighted by Gasteiger charge is -2.08. The van der Waals surface area contributed by atoms with E-state index in [1.165, 1.54) is 11.1 Å². The molecule has 1 amide bonds. The maximum absolute atomic E-state index is 12.1. The van der Waals surface area contributed by atoms with E-state index in [4.69, 9.17) is 4.74 Å². The summed E-state index contributed by atoms with van der Waals surface area (Å²) < 4.78 is 5.75. The van der Waals surface area contributed by atoms with Crippen molar-refractivity contribution in [2.45, 2.75) is 26.2 Å². The number of benzene rings is 3. The maximum atomic E-state index is 12.1.